The van der Waals surface area contributed by atoms with Crippen LogP contribution in [0.3, 0.4) is 0 Å². The lowest BCUT2D eigenvalue weighted by molar-refractivity contribution is -0.127. The third kappa shape index (κ3) is 2.67. The maximum Gasteiger partial charge on any atom is 0.339 e. The molecule has 0 saturated carbocycles. The Bertz CT molecular complexity index is 881. The summed E-state index contributed by atoms with van der Waals surface area (Å²) in [6, 6.07) is 9.16. The van der Waals surface area contributed by atoms with Crippen molar-refractivity contribution in [1.82, 2.24) is 0 Å². The number of esters is 1. The molecule has 1 unspecified atom stereocenters. The third-order valence-corrected chi connectivity index (χ3v) is 4.67. The van der Waals surface area contributed by atoms with Gasteiger partial charge in [-0.1, -0.05) is 18.2 Å². The number of amides is 1. The molecule has 0 bridgehead atoms. The number of hydrogen-bond donors (Lipinski definition) is 0. The number of anilines is 1. The van der Waals surface area contributed by atoms with Crippen molar-refractivity contribution in [2.24, 2.45) is 0 Å². The lowest BCUT2D eigenvalue weighted by Crippen LogP contribution is -2.46. The van der Waals surface area contributed by atoms with Crippen molar-refractivity contribution < 1.29 is 23.1 Å². The van der Waals surface area contributed by atoms with E-state index in [1.54, 1.807) is 24.3 Å². The molecule has 0 aromatic heterocycles. The molecule has 0 N–H and O–H groups in total. The van der Waals surface area contributed by atoms with Crippen LogP contribution < -0.4 is 4.90 Å². The average Bonchev–Trinajstić information content (AvgIpc) is 2.61. The third-order valence-electron chi connectivity index (χ3n) is 4.67. The Morgan fingerprint density at radius 2 is 1.88 bits per heavy atom. The number of carbonyl (C=O) groups excluding carboxylic acids is 2. The quantitative estimate of drug-likeness (QED) is 0.748. The molecule has 25 heavy (non-hydrogen) atoms. The summed E-state index contributed by atoms with van der Waals surface area (Å²) in [6.45, 7) is 0.382. The molecule has 4 rings (SSSR count). The van der Waals surface area contributed by atoms with Crippen LogP contribution in [0.1, 0.15) is 27.9 Å². The lowest BCUT2D eigenvalue weighted by atomic mass is 9.96. The summed E-state index contributed by atoms with van der Waals surface area (Å²) >= 11 is 0. The van der Waals surface area contributed by atoms with Gasteiger partial charge in [0.15, 0.2) is 17.7 Å². The number of cyclic esters (lactones) is 1. The highest BCUT2D eigenvalue weighted by Crippen LogP contribution is 2.31. The molecule has 4 nitrogen and oxygen atoms in total. The van der Waals surface area contributed by atoms with Crippen LogP contribution in [0.15, 0.2) is 36.4 Å². The Labute approximate surface area is 143 Å². The lowest BCUT2D eigenvalue weighted by Gasteiger charge is -2.33. The van der Waals surface area contributed by atoms with Crippen LogP contribution in [-0.2, 0) is 22.4 Å². The van der Waals surface area contributed by atoms with Crippen molar-refractivity contribution in [3.8, 4) is 0 Å². The van der Waals surface area contributed by atoms with Crippen molar-refractivity contribution in [1.29, 1.82) is 0 Å². The van der Waals surface area contributed by atoms with Crippen LogP contribution in [0.5, 0.6) is 0 Å². The van der Waals surface area contributed by atoms with E-state index in [-0.39, 0.29) is 6.42 Å². The summed E-state index contributed by atoms with van der Waals surface area (Å²) in [7, 11) is 0. The SMILES string of the molecule is O=C1OC(C(=O)N2CCCc3cc(F)c(F)cc32)Cc2ccccc21. The second-order valence-corrected chi connectivity index (χ2v) is 6.24. The second-order valence-electron chi connectivity index (χ2n) is 6.24. The number of halogens is 2. The minimum Gasteiger partial charge on any atom is -0.448 e. The van der Waals surface area contributed by atoms with Crippen LogP contribution in [0, 0.1) is 11.6 Å². The van der Waals surface area contributed by atoms with Gasteiger partial charge >= 0.3 is 5.97 Å². The van der Waals surface area contributed by atoms with Gasteiger partial charge in [0.1, 0.15) is 0 Å². The Morgan fingerprint density at radius 3 is 2.72 bits per heavy atom. The molecule has 0 radical (unpaired) electrons. The molecule has 0 aliphatic carbocycles. The predicted molar refractivity (Wildman–Crippen MR) is 86.4 cm³/mol. The first-order chi connectivity index (χ1) is 12.0. The van der Waals surface area contributed by atoms with Gasteiger partial charge in [-0.25, -0.2) is 13.6 Å². The van der Waals surface area contributed by atoms with Crippen molar-refractivity contribution in [3.63, 3.8) is 0 Å². The first kappa shape index (κ1) is 15.7. The summed E-state index contributed by atoms with van der Waals surface area (Å²) in [5.41, 5.74) is 2.14. The van der Waals surface area contributed by atoms with Crippen LogP contribution in [0.2, 0.25) is 0 Å². The molecule has 2 aromatic carbocycles. The van der Waals surface area contributed by atoms with Gasteiger partial charge in [0.05, 0.1) is 11.3 Å². The first-order valence-electron chi connectivity index (χ1n) is 8.13. The van der Waals surface area contributed by atoms with Gasteiger partial charge < -0.3 is 9.64 Å². The van der Waals surface area contributed by atoms with E-state index in [0.717, 1.165) is 17.7 Å². The Morgan fingerprint density at radius 1 is 1.12 bits per heavy atom. The van der Waals surface area contributed by atoms with E-state index < -0.39 is 29.6 Å². The number of nitrogens with zero attached hydrogens (tertiary/aromatic N) is 1. The maximum absolute atomic E-state index is 13.6. The molecule has 2 aliphatic rings. The number of hydrogen-bond acceptors (Lipinski definition) is 3. The highest BCUT2D eigenvalue weighted by atomic mass is 19.2. The van der Waals surface area contributed by atoms with Crippen molar-refractivity contribution in [2.45, 2.75) is 25.4 Å². The van der Waals surface area contributed by atoms with Gasteiger partial charge in [0.2, 0.25) is 0 Å². The summed E-state index contributed by atoms with van der Waals surface area (Å²) in [6.07, 6.45) is 0.530. The van der Waals surface area contributed by atoms with Gasteiger partial charge in [-0.2, -0.15) is 0 Å². The molecule has 2 aliphatic heterocycles. The number of ether oxygens (including phenoxy) is 1. The highest BCUT2D eigenvalue weighted by molar-refractivity contribution is 6.02. The fraction of sp³-hybridized carbons (Fsp3) is 0.263. The van der Waals surface area contributed by atoms with Crippen LogP contribution in [0.4, 0.5) is 14.5 Å². The zero-order valence-corrected chi connectivity index (χ0v) is 13.3. The zero-order valence-electron chi connectivity index (χ0n) is 13.3. The van der Waals surface area contributed by atoms with Crippen LogP contribution in [0.25, 0.3) is 0 Å². The summed E-state index contributed by atoms with van der Waals surface area (Å²) in [5, 5.41) is 0. The number of benzene rings is 2. The molecule has 1 amide bonds. The number of carbonyl (C=O) groups is 2. The second kappa shape index (κ2) is 5.95. The molecule has 2 aromatic rings. The molecule has 2 heterocycles. The van der Waals surface area contributed by atoms with Gasteiger partial charge in [0, 0.05) is 19.0 Å². The Balaban J connectivity index is 1.65. The zero-order chi connectivity index (χ0) is 17.6. The molecule has 128 valence electrons. The normalized spacial score (nSPS) is 19.0. The molecule has 6 heteroatoms. The van der Waals surface area contributed by atoms with Gasteiger partial charge in [-0.15, -0.1) is 0 Å². The van der Waals surface area contributed by atoms with E-state index in [2.05, 4.69) is 0 Å². The molecule has 1 atom stereocenters. The molecule has 0 saturated heterocycles. The largest absolute Gasteiger partial charge is 0.448 e. The summed E-state index contributed by atoms with van der Waals surface area (Å²) in [5.74, 6) is -2.87. The van der Waals surface area contributed by atoms with E-state index in [1.165, 1.54) is 4.90 Å². The predicted octanol–water partition coefficient (Wildman–Crippen LogP) is 3.03. The minimum absolute atomic E-state index is 0.274. The van der Waals surface area contributed by atoms with Crippen LogP contribution >= 0.6 is 0 Å². The maximum atomic E-state index is 13.6. The fourth-order valence-electron chi connectivity index (χ4n) is 3.45. The standard InChI is InChI=1S/C19H15F2NO3/c20-14-8-12-5-3-7-22(16(12)10-15(14)21)18(23)17-9-11-4-1-2-6-13(11)19(24)25-17/h1-2,4,6,8,10,17H,3,5,7,9H2. The van der Waals surface area contributed by atoms with Crippen molar-refractivity contribution in [3.05, 3.63) is 64.7 Å². The van der Waals surface area contributed by atoms with Gasteiger partial charge in [-0.3, -0.25) is 4.79 Å². The van der Waals surface area contributed by atoms with Crippen molar-refractivity contribution >= 4 is 17.6 Å². The molecular weight excluding hydrogens is 328 g/mol. The average molecular weight is 343 g/mol. The van der Waals surface area contributed by atoms with E-state index in [4.69, 9.17) is 4.74 Å². The number of fused-ring (bicyclic) bond motifs is 2. The summed E-state index contributed by atoms with van der Waals surface area (Å²) in [4.78, 5) is 26.4. The van der Waals surface area contributed by atoms with Gasteiger partial charge in [-0.05, 0) is 36.1 Å². The topological polar surface area (TPSA) is 46.6 Å². The molecule has 0 spiro atoms. The number of rotatable bonds is 1. The highest BCUT2D eigenvalue weighted by Gasteiger charge is 2.36. The monoisotopic (exact) mass is 343 g/mol. The first-order valence-corrected chi connectivity index (χ1v) is 8.13. The van der Waals surface area contributed by atoms with E-state index in [0.29, 0.717) is 36.2 Å². The van der Waals surface area contributed by atoms with Crippen molar-refractivity contribution in [2.75, 3.05) is 11.4 Å². The van der Waals surface area contributed by atoms with Gasteiger partial charge in [0.25, 0.3) is 5.91 Å². The summed E-state index contributed by atoms with van der Waals surface area (Å²) < 4.78 is 32.4. The number of aryl methyl sites for hydroxylation is 1. The van der Waals surface area contributed by atoms with Crippen LogP contribution in [-0.4, -0.2) is 24.5 Å². The molecular formula is C19H15F2NO3. The van der Waals surface area contributed by atoms with E-state index in [9.17, 15) is 18.4 Å². The minimum atomic E-state index is -0.996. The Kier molecular flexibility index (Phi) is 3.75. The molecule has 0 fully saturated rings. The fourth-order valence-corrected chi connectivity index (χ4v) is 3.45. The smallest absolute Gasteiger partial charge is 0.339 e. The van der Waals surface area contributed by atoms with E-state index in [1.807, 2.05) is 0 Å². The Hall–Kier alpha value is -2.76. The van der Waals surface area contributed by atoms with E-state index >= 15 is 0 Å².